The van der Waals surface area contributed by atoms with E-state index in [1.807, 2.05) is 6.92 Å². The highest BCUT2D eigenvalue weighted by Gasteiger charge is 1.99. The normalized spacial score (nSPS) is 10.0. The molecule has 5 heteroatoms. The van der Waals surface area contributed by atoms with Crippen LogP contribution in [-0.4, -0.2) is 23.2 Å². The van der Waals surface area contributed by atoms with E-state index in [0.717, 1.165) is 5.56 Å². The third-order valence-electron chi connectivity index (χ3n) is 1.59. The quantitative estimate of drug-likeness (QED) is 0.689. The van der Waals surface area contributed by atoms with Gasteiger partial charge in [0.25, 0.3) is 0 Å². The van der Waals surface area contributed by atoms with Gasteiger partial charge in [0.05, 0.1) is 6.67 Å². The first kappa shape index (κ1) is 9.70. The first-order valence-corrected chi connectivity index (χ1v) is 4.13. The lowest BCUT2D eigenvalue weighted by atomic mass is 10.3. The number of rotatable bonds is 4. The van der Waals surface area contributed by atoms with Crippen molar-refractivity contribution in [2.24, 2.45) is 0 Å². The SMILES string of the molecule is Cc1cnc(N)nc1NCCCF. The lowest BCUT2D eigenvalue weighted by Gasteiger charge is -2.06. The minimum absolute atomic E-state index is 0.230. The zero-order valence-corrected chi connectivity index (χ0v) is 7.55. The van der Waals surface area contributed by atoms with E-state index in [2.05, 4.69) is 15.3 Å². The van der Waals surface area contributed by atoms with Crippen molar-refractivity contribution in [2.75, 3.05) is 24.3 Å². The van der Waals surface area contributed by atoms with Crippen molar-refractivity contribution in [3.63, 3.8) is 0 Å². The maximum absolute atomic E-state index is 11.8. The van der Waals surface area contributed by atoms with Crippen LogP contribution >= 0.6 is 0 Å². The maximum Gasteiger partial charge on any atom is 0.221 e. The fourth-order valence-corrected chi connectivity index (χ4v) is 0.908. The van der Waals surface area contributed by atoms with Crippen LogP contribution in [-0.2, 0) is 0 Å². The highest BCUT2D eigenvalue weighted by atomic mass is 19.1. The largest absolute Gasteiger partial charge is 0.370 e. The minimum Gasteiger partial charge on any atom is -0.370 e. The molecule has 0 atom stereocenters. The van der Waals surface area contributed by atoms with Gasteiger partial charge < -0.3 is 11.1 Å². The van der Waals surface area contributed by atoms with Crippen molar-refractivity contribution < 1.29 is 4.39 Å². The molecule has 0 saturated carbocycles. The number of aromatic nitrogens is 2. The fourth-order valence-electron chi connectivity index (χ4n) is 0.908. The topological polar surface area (TPSA) is 63.8 Å². The number of halogens is 1. The van der Waals surface area contributed by atoms with Gasteiger partial charge in [-0.05, 0) is 13.3 Å². The van der Waals surface area contributed by atoms with Gasteiger partial charge in [-0.2, -0.15) is 4.98 Å². The molecule has 1 aromatic rings. The molecule has 0 amide bonds. The van der Waals surface area contributed by atoms with E-state index in [-0.39, 0.29) is 12.6 Å². The zero-order valence-electron chi connectivity index (χ0n) is 7.55. The summed E-state index contributed by atoms with van der Waals surface area (Å²) in [5.41, 5.74) is 6.31. The van der Waals surface area contributed by atoms with E-state index in [1.54, 1.807) is 6.20 Å². The lowest BCUT2D eigenvalue weighted by molar-refractivity contribution is 0.481. The monoisotopic (exact) mass is 184 g/mol. The predicted molar refractivity (Wildman–Crippen MR) is 50.3 cm³/mol. The van der Waals surface area contributed by atoms with Crippen molar-refractivity contribution in [2.45, 2.75) is 13.3 Å². The van der Waals surface area contributed by atoms with E-state index in [0.29, 0.717) is 18.8 Å². The van der Waals surface area contributed by atoms with E-state index in [1.165, 1.54) is 0 Å². The van der Waals surface area contributed by atoms with Crippen LogP contribution in [0.4, 0.5) is 16.2 Å². The summed E-state index contributed by atoms with van der Waals surface area (Å²) < 4.78 is 11.8. The summed E-state index contributed by atoms with van der Waals surface area (Å²) in [6, 6.07) is 0. The van der Waals surface area contributed by atoms with Gasteiger partial charge >= 0.3 is 0 Å². The van der Waals surface area contributed by atoms with Crippen LogP contribution in [0.2, 0.25) is 0 Å². The number of hydrogen-bond donors (Lipinski definition) is 2. The van der Waals surface area contributed by atoms with Gasteiger partial charge in [0.2, 0.25) is 5.95 Å². The van der Waals surface area contributed by atoms with Crippen LogP contribution in [0.5, 0.6) is 0 Å². The van der Waals surface area contributed by atoms with E-state index < -0.39 is 0 Å². The van der Waals surface area contributed by atoms with Crippen molar-refractivity contribution >= 4 is 11.8 Å². The predicted octanol–water partition coefficient (Wildman–Crippen LogP) is 1.14. The van der Waals surface area contributed by atoms with Crippen molar-refractivity contribution in [3.05, 3.63) is 11.8 Å². The van der Waals surface area contributed by atoms with Crippen LogP contribution in [0.3, 0.4) is 0 Å². The Labute approximate surface area is 76.4 Å². The molecule has 72 valence electrons. The average Bonchev–Trinajstić information content (AvgIpc) is 2.11. The van der Waals surface area contributed by atoms with Gasteiger partial charge in [0.15, 0.2) is 0 Å². The number of aryl methyl sites for hydroxylation is 1. The fraction of sp³-hybridized carbons (Fsp3) is 0.500. The summed E-state index contributed by atoms with van der Waals surface area (Å²) in [6.45, 7) is 2.11. The molecule has 0 aromatic carbocycles. The standard InChI is InChI=1S/C8H13FN4/c1-6-5-12-8(10)13-7(6)11-4-2-3-9/h5H,2-4H2,1H3,(H3,10,11,12,13). The molecule has 0 unspecified atom stereocenters. The molecule has 0 aliphatic carbocycles. The Balaban J connectivity index is 2.59. The Bertz CT molecular complexity index is 277. The third-order valence-corrected chi connectivity index (χ3v) is 1.59. The Kier molecular flexibility index (Phi) is 3.42. The number of anilines is 2. The number of alkyl halides is 1. The second kappa shape index (κ2) is 4.59. The number of nitrogens with one attached hydrogen (secondary N) is 1. The third kappa shape index (κ3) is 2.85. The van der Waals surface area contributed by atoms with E-state index >= 15 is 0 Å². The van der Waals surface area contributed by atoms with Crippen molar-refractivity contribution in [1.29, 1.82) is 0 Å². The smallest absolute Gasteiger partial charge is 0.221 e. The maximum atomic E-state index is 11.8. The molecular formula is C8H13FN4. The molecule has 0 bridgehead atoms. The molecule has 3 N–H and O–H groups in total. The van der Waals surface area contributed by atoms with Gasteiger partial charge in [-0.1, -0.05) is 0 Å². The summed E-state index contributed by atoms with van der Waals surface area (Å²) in [4.78, 5) is 7.80. The summed E-state index contributed by atoms with van der Waals surface area (Å²) in [7, 11) is 0. The molecule has 13 heavy (non-hydrogen) atoms. The van der Waals surface area contributed by atoms with Crippen LogP contribution in [0.15, 0.2) is 6.20 Å². The van der Waals surface area contributed by atoms with Gasteiger partial charge in [-0.15, -0.1) is 0 Å². The Morgan fingerprint density at radius 1 is 1.62 bits per heavy atom. The molecule has 0 aliphatic rings. The summed E-state index contributed by atoms with van der Waals surface area (Å²) in [5, 5.41) is 2.98. The van der Waals surface area contributed by atoms with Gasteiger partial charge in [0.1, 0.15) is 5.82 Å². The second-order valence-corrected chi connectivity index (χ2v) is 2.73. The molecule has 1 aromatic heterocycles. The number of hydrogen-bond acceptors (Lipinski definition) is 4. The van der Waals surface area contributed by atoms with E-state index in [9.17, 15) is 4.39 Å². The summed E-state index contributed by atoms with van der Waals surface area (Å²) in [6.07, 6.45) is 2.11. The first-order chi connectivity index (χ1) is 6.24. The Morgan fingerprint density at radius 2 is 2.38 bits per heavy atom. The van der Waals surface area contributed by atoms with Gasteiger partial charge in [-0.25, -0.2) is 4.98 Å². The van der Waals surface area contributed by atoms with Crippen molar-refractivity contribution in [1.82, 2.24) is 9.97 Å². The van der Waals surface area contributed by atoms with Crippen LogP contribution in [0.25, 0.3) is 0 Å². The molecule has 0 spiro atoms. The zero-order chi connectivity index (χ0) is 9.68. The lowest BCUT2D eigenvalue weighted by Crippen LogP contribution is -2.07. The van der Waals surface area contributed by atoms with Crippen LogP contribution in [0.1, 0.15) is 12.0 Å². The van der Waals surface area contributed by atoms with Crippen LogP contribution < -0.4 is 11.1 Å². The van der Waals surface area contributed by atoms with Crippen molar-refractivity contribution in [3.8, 4) is 0 Å². The molecule has 4 nitrogen and oxygen atoms in total. The first-order valence-electron chi connectivity index (χ1n) is 4.13. The van der Waals surface area contributed by atoms with Gasteiger partial charge in [0, 0.05) is 18.3 Å². The Morgan fingerprint density at radius 3 is 3.08 bits per heavy atom. The molecule has 1 heterocycles. The molecular weight excluding hydrogens is 171 g/mol. The molecule has 0 aliphatic heterocycles. The summed E-state index contributed by atoms with van der Waals surface area (Å²) >= 11 is 0. The van der Waals surface area contributed by atoms with E-state index in [4.69, 9.17) is 5.73 Å². The Hall–Kier alpha value is -1.39. The molecule has 0 saturated heterocycles. The molecule has 0 fully saturated rings. The van der Waals surface area contributed by atoms with Crippen LogP contribution in [0, 0.1) is 6.92 Å². The highest BCUT2D eigenvalue weighted by Crippen LogP contribution is 2.10. The van der Waals surface area contributed by atoms with Gasteiger partial charge in [-0.3, -0.25) is 4.39 Å². The molecule has 0 radical (unpaired) electrons. The number of nitrogen functional groups attached to an aromatic ring is 1. The number of nitrogens with zero attached hydrogens (tertiary/aromatic N) is 2. The average molecular weight is 184 g/mol. The summed E-state index contributed by atoms with van der Waals surface area (Å²) in [5.74, 6) is 0.911. The minimum atomic E-state index is -0.327. The molecule has 1 rings (SSSR count). The highest BCUT2D eigenvalue weighted by molar-refractivity contribution is 5.44. The second-order valence-electron chi connectivity index (χ2n) is 2.73. The number of nitrogens with two attached hydrogens (primary N) is 1.